The Bertz CT molecular complexity index is 2470. The molecular formula is C51H42N2O2. The van der Waals surface area contributed by atoms with E-state index in [0.29, 0.717) is 11.1 Å². The molecule has 0 aliphatic rings. The molecule has 4 nitrogen and oxygen atoms in total. The molecular weight excluding hydrogens is 673 g/mol. The molecule has 0 fully saturated rings. The van der Waals surface area contributed by atoms with Crippen LogP contribution in [0.1, 0.15) is 49.4 Å². The van der Waals surface area contributed by atoms with Gasteiger partial charge >= 0.3 is 0 Å². The summed E-state index contributed by atoms with van der Waals surface area (Å²) in [4.78, 5) is 33.0. The van der Waals surface area contributed by atoms with E-state index in [4.69, 9.17) is 0 Å². The summed E-state index contributed by atoms with van der Waals surface area (Å²) < 4.78 is 0. The second-order valence-corrected chi connectivity index (χ2v) is 14.4. The van der Waals surface area contributed by atoms with Gasteiger partial charge in [0.2, 0.25) is 0 Å². The first-order valence-corrected chi connectivity index (χ1v) is 18.7. The van der Waals surface area contributed by atoms with Crippen molar-refractivity contribution in [2.45, 2.75) is 34.1 Å². The van der Waals surface area contributed by atoms with Crippen molar-refractivity contribution >= 4 is 67.2 Å². The molecule has 0 atom stereocenters. The molecule has 8 aromatic carbocycles. The van der Waals surface area contributed by atoms with E-state index in [1.807, 2.05) is 60.7 Å². The molecule has 0 amide bonds. The minimum atomic E-state index is -0.244. The van der Waals surface area contributed by atoms with E-state index in [9.17, 15) is 9.59 Å². The highest BCUT2D eigenvalue weighted by molar-refractivity contribution is 6.22. The predicted octanol–water partition coefficient (Wildman–Crippen LogP) is 13.6. The van der Waals surface area contributed by atoms with Crippen LogP contribution in [0, 0.1) is 27.7 Å². The van der Waals surface area contributed by atoms with Gasteiger partial charge in [-0.15, -0.1) is 0 Å². The van der Waals surface area contributed by atoms with Crippen molar-refractivity contribution in [2.24, 2.45) is 0 Å². The molecule has 55 heavy (non-hydrogen) atoms. The number of benzene rings is 8. The topological polar surface area (TPSA) is 40.6 Å². The first-order valence-electron chi connectivity index (χ1n) is 18.7. The molecule has 0 saturated heterocycles. The lowest BCUT2D eigenvalue weighted by Crippen LogP contribution is -2.14. The summed E-state index contributed by atoms with van der Waals surface area (Å²) in [6.45, 7) is 8.37. The predicted molar refractivity (Wildman–Crippen MR) is 229 cm³/mol. The first kappa shape index (κ1) is 35.3. The van der Waals surface area contributed by atoms with E-state index in [0.717, 1.165) is 77.9 Å². The van der Waals surface area contributed by atoms with Gasteiger partial charge in [-0.1, -0.05) is 97.1 Å². The van der Waals surface area contributed by atoms with Gasteiger partial charge in [-0.3, -0.25) is 9.59 Å². The smallest absolute Gasteiger partial charge is 0.171 e. The van der Waals surface area contributed by atoms with Crippen LogP contribution in [0.3, 0.4) is 0 Å². The lowest BCUT2D eigenvalue weighted by Gasteiger charge is -2.28. The van der Waals surface area contributed by atoms with E-state index in [1.165, 1.54) is 0 Å². The number of carbonyl (C=O) groups excluding carboxylic acids is 2. The molecule has 0 aliphatic carbocycles. The molecule has 0 saturated carbocycles. The van der Waals surface area contributed by atoms with E-state index >= 15 is 0 Å². The Labute approximate surface area is 322 Å². The van der Waals surface area contributed by atoms with Crippen molar-refractivity contribution < 1.29 is 9.59 Å². The number of hydrogen-bond acceptors (Lipinski definition) is 4. The highest BCUT2D eigenvalue weighted by atomic mass is 16.1. The Morgan fingerprint density at radius 1 is 0.364 bits per heavy atom. The molecule has 268 valence electrons. The molecule has 0 bridgehead atoms. The molecule has 8 aromatic rings. The Kier molecular flexibility index (Phi) is 9.57. The molecule has 0 unspecified atom stereocenters. The zero-order chi connectivity index (χ0) is 38.1. The van der Waals surface area contributed by atoms with Crippen molar-refractivity contribution in [1.82, 2.24) is 0 Å². The standard InChI is InChI=1S/C51H42N2O2/c1-34-13-9-17-38(29-34)52(39-18-10-14-35(2)30-39)48-27-25-46(42-21-5-7-23-44(42)48)50(54)33-51(55)47-26-28-49(45-24-8-6-22-43(45)47)53(40-19-11-15-36(3)31-40)41-20-12-16-37(4)32-41/h5-32H,33H2,1-4H3. The van der Waals surface area contributed by atoms with E-state index in [2.05, 4.69) is 147 Å². The Morgan fingerprint density at radius 2 is 0.673 bits per heavy atom. The lowest BCUT2D eigenvalue weighted by atomic mass is 9.93. The van der Waals surface area contributed by atoms with E-state index in [-0.39, 0.29) is 18.0 Å². The first-order chi connectivity index (χ1) is 26.7. The fraction of sp³-hybridized carbons (Fsp3) is 0.0980. The molecule has 4 heteroatoms. The summed E-state index contributed by atoms with van der Waals surface area (Å²) in [6, 6.07) is 57.6. The Hall–Kier alpha value is -6.78. The monoisotopic (exact) mass is 714 g/mol. The number of nitrogens with zero attached hydrogens (tertiary/aromatic N) is 2. The molecule has 0 aromatic heterocycles. The summed E-state index contributed by atoms with van der Waals surface area (Å²) >= 11 is 0. The third-order valence-corrected chi connectivity index (χ3v) is 10.2. The van der Waals surface area contributed by atoms with E-state index in [1.54, 1.807) is 0 Å². The van der Waals surface area contributed by atoms with Crippen LogP contribution in [0.5, 0.6) is 0 Å². The molecule has 0 aliphatic heterocycles. The minimum absolute atomic E-state index is 0.209. The average Bonchev–Trinajstić information content (AvgIpc) is 3.18. The second-order valence-electron chi connectivity index (χ2n) is 14.4. The largest absolute Gasteiger partial charge is 0.310 e. The van der Waals surface area contributed by atoms with Crippen molar-refractivity contribution in [3.05, 3.63) is 203 Å². The maximum absolute atomic E-state index is 14.3. The minimum Gasteiger partial charge on any atom is -0.310 e. The molecule has 0 radical (unpaired) electrons. The quantitative estimate of drug-likeness (QED) is 0.104. The maximum Gasteiger partial charge on any atom is 0.171 e. The van der Waals surface area contributed by atoms with E-state index < -0.39 is 0 Å². The molecule has 8 rings (SSSR count). The Morgan fingerprint density at radius 3 is 0.982 bits per heavy atom. The van der Waals surface area contributed by atoms with Crippen molar-refractivity contribution in [2.75, 3.05) is 9.80 Å². The highest BCUT2D eigenvalue weighted by Crippen LogP contribution is 2.42. The van der Waals surface area contributed by atoms with Gasteiger partial charge in [0.15, 0.2) is 11.6 Å². The number of ketones is 2. The number of carbonyl (C=O) groups is 2. The van der Waals surface area contributed by atoms with Gasteiger partial charge in [0.25, 0.3) is 0 Å². The maximum atomic E-state index is 14.3. The summed E-state index contributed by atoms with van der Waals surface area (Å²) in [5.41, 5.74) is 11.7. The van der Waals surface area contributed by atoms with Gasteiger partial charge in [0, 0.05) is 44.6 Å². The number of hydrogen-bond donors (Lipinski definition) is 0. The fourth-order valence-electron chi connectivity index (χ4n) is 7.70. The number of Topliss-reactive ketones (excluding diaryl/α,β-unsaturated/α-hetero) is 2. The highest BCUT2D eigenvalue weighted by Gasteiger charge is 2.23. The SMILES string of the molecule is Cc1cccc(N(c2cccc(C)c2)c2ccc(C(=O)CC(=O)c3ccc(N(c4cccc(C)c4)c4cccc(C)c4)c4ccccc34)c3ccccc23)c1. The van der Waals surface area contributed by atoms with Gasteiger partial charge in [0.1, 0.15) is 0 Å². The third kappa shape index (κ3) is 7.03. The van der Waals surface area contributed by atoms with Crippen molar-refractivity contribution in [3.63, 3.8) is 0 Å². The van der Waals surface area contributed by atoms with Gasteiger partial charge in [-0.2, -0.15) is 0 Å². The van der Waals surface area contributed by atoms with Gasteiger partial charge in [0.05, 0.1) is 17.8 Å². The van der Waals surface area contributed by atoms with Crippen molar-refractivity contribution in [3.8, 4) is 0 Å². The second kappa shape index (κ2) is 14.9. The van der Waals surface area contributed by atoms with Gasteiger partial charge in [-0.25, -0.2) is 0 Å². The van der Waals surface area contributed by atoms with Gasteiger partial charge in [-0.05, 0) is 134 Å². The normalized spacial score (nSPS) is 11.1. The average molecular weight is 715 g/mol. The zero-order valence-electron chi connectivity index (χ0n) is 31.6. The van der Waals surface area contributed by atoms with Crippen LogP contribution in [0.4, 0.5) is 34.1 Å². The van der Waals surface area contributed by atoms with Crippen LogP contribution in [0.25, 0.3) is 21.5 Å². The van der Waals surface area contributed by atoms with Crippen LogP contribution in [-0.4, -0.2) is 11.6 Å². The summed E-state index contributed by atoms with van der Waals surface area (Å²) in [6.07, 6.45) is -0.244. The number of fused-ring (bicyclic) bond motifs is 2. The Balaban J connectivity index is 1.17. The third-order valence-electron chi connectivity index (χ3n) is 10.2. The number of aryl methyl sites for hydroxylation is 4. The van der Waals surface area contributed by atoms with Gasteiger partial charge < -0.3 is 9.80 Å². The summed E-state index contributed by atoms with van der Waals surface area (Å²) in [5, 5.41) is 3.50. The fourth-order valence-corrected chi connectivity index (χ4v) is 7.70. The number of rotatable bonds is 10. The van der Waals surface area contributed by atoms with Crippen LogP contribution >= 0.6 is 0 Å². The zero-order valence-corrected chi connectivity index (χ0v) is 31.6. The molecule has 0 N–H and O–H groups in total. The molecule has 0 heterocycles. The van der Waals surface area contributed by atoms with Crippen LogP contribution in [0.15, 0.2) is 170 Å². The summed E-state index contributed by atoms with van der Waals surface area (Å²) in [7, 11) is 0. The molecule has 0 spiro atoms. The van der Waals surface area contributed by atoms with Crippen molar-refractivity contribution in [1.29, 1.82) is 0 Å². The van der Waals surface area contributed by atoms with Crippen LogP contribution in [0.2, 0.25) is 0 Å². The van der Waals surface area contributed by atoms with Crippen LogP contribution < -0.4 is 9.80 Å². The summed E-state index contributed by atoms with van der Waals surface area (Å²) in [5.74, 6) is -0.417. The lowest BCUT2D eigenvalue weighted by molar-refractivity contribution is 0.0896. The number of anilines is 6. The van der Waals surface area contributed by atoms with Crippen LogP contribution in [-0.2, 0) is 0 Å².